The van der Waals surface area contributed by atoms with Crippen molar-refractivity contribution in [2.45, 2.75) is 0 Å². The van der Waals surface area contributed by atoms with E-state index >= 15 is 0 Å². The summed E-state index contributed by atoms with van der Waals surface area (Å²) in [7, 11) is 0. The molecule has 0 spiro atoms. The largest absolute Gasteiger partial charge is 0.456 e. The van der Waals surface area contributed by atoms with Crippen LogP contribution in [0.2, 0.25) is 0 Å². The number of aromatic nitrogens is 2. The zero-order chi connectivity index (χ0) is 34.8. The van der Waals surface area contributed by atoms with E-state index in [9.17, 15) is 0 Å². The highest BCUT2D eigenvalue weighted by Gasteiger charge is 2.18. The predicted octanol–water partition coefficient (Wildman–Crippen LogP) is 14.1. The van der Waals surface area contributed by atoms with Crippen molar-refractivity contribution >= 4 is 103 Å². The van der Waals surface area contributed by atoms with E-state index in [-0.39, 0.29) is 0 Å². The summed E-state index contributed by atoms with van der Waals surface area (Å²) < 4.78 is 18.1. The van der Waals surface area contributed by atoms with Gasteiger partial charge in [-0.15, -0.1) is 0 Å². The first-order chi connectivity index (χ1) is 26.2. The molecule has 12 rings (SSSR count). The van der Waals surface area contributed by atoms with E-state index in [1.54, 1.807) is 0 Å². The fourth-order valence-electron chi connectivity index (χ4n) is 8.59. The second-order valence-electron chi connectivity index (χ2n) is 13.9. The number of furan rings is 2. The minimum Gasteiger partial charge on any atom is -0.456 e. The SMILES string of the molecule is Brc1ccc2c(c1)c1cc(-c3ccc4c(c3)c3ccccc3n4-c3ccc4oc5ccccc5c4c3)ccc1n2-c1ccc2oc3ccccc3c2c1. The fraction of sp³-hybridized carbons (Fsp3) is 0. The van der Waals surface area contributed by atoms with Gasteiger partial charge >= 0.3 is 0 Å². The second kappa shape index (κ2) is 10.7. The molecule has 0 atom stereocenters. The molecule has 0 unspecified atom stereocenters. The molecule has 248 valence electrons. The molecule has 0 aliphatic heterocycles. The normalized spacial score (nSPS) is 12.2. The second-order valence-corrected chi connectivity index (χ2v) is 14.8. The Labute approximate surface area is 310 Å². The number of hydrogen-bond donors (Lipinski definition) is 0. The van der Waals surface area contributed by atoms with Crippen molar-refractivity contribution in [2.75, 3.05) is 0 Å². The zero-order valence-electron chi connectivity index (χ0n) is 28.2. The summed E-state index contributed by atoms with van der Waals surface area (Å²) in [4.78, 5) is 0. The summed E-state index contributed by atoms with van der Waals surface area (Å²) in [6.45, 7) is 0. The van der Waals surface area contributed by atoms with Crippen LogP contribution in [0.5, 0.6) is 0 Å². The highest BCUT2D eigenvalue weighted by Crippen LogP contribution is 2.41. The molecule has 0 amide bonds. The molecule has 4 heterocycles. The predicted molar refractivity (Wildman–Crippen MR) is 223 cm³/mol. The third-order valence-electron chi connectivity index (χ3n) is 11.0. The molecule has 0 saturated heterocycles. The average Bonchev–Trinajstić information content (AvgIpc) is 3.94. The van der Waals surface area contributed by atoms with Crippen LogP contribution in [-0.2, 0) is 0 Å². The van der Waals surface area contributed by atoms with Gasteiger partial charge in [-0.25, -0.2) is 0 Å². The maximum Gasteiger partial charge on any atom is 0.135 e. The van der Waals surface area contributed by atoms with Crippen LogP contribution in [0.25, 0.3) is 110 Å². The van der Waals surface area contributed by atoms with Crippen molar-refractivity contribution in [3.05, 3.63) is 168 Å². The summed E-state index contributed by atoms with van der Waals surface area (Å²) in [6, 6.07) is 58.6. The van der Waals surface area contributed by atoms with E-state index in [1.165, 1.54) is 43.7 Å². The smallest absolute Gasteiger partial charge is 0.135 e. The van der Waals surface area contributed by atoms with Crippen LogP contribution in [0.15, 0.2) is 177 Å². The Bertz CT molecular complexity index is 3490. The lowest BCUT2D eigenvalue weighted by atomic mass is 10.0. The molecular weight excluding hydrogens is 716 g/mol. The van der Waals surface area contributed by atoms with Gasteiger partial charge in [-0.3, -0.25) is 0 Å². The third kappa shape index (κ3) is 4.17. The van der Waals surface area contributed by atoms with Crippen LogP contribution in [-0.4, -0.2) is 9.13 Å². The summed E-state index contributed by atoms with van der Waals surface area (Å²) in [5, 5.41) is 9.36. The molecule has 12 aromatic rings. The Kier molecular flexibility index (Phi) is 5.89. The van der Waals surface area contributed by atoms with Gasteiger partial charge in [-0.05, 0) is 108 Å². The van der Waals surface area contributed by atoms with Gasteiger partial charge in [-0.1, -0.05) is 82.7 Å². The topological polar surface area (TPSA) is 36.1 Å². The number of halogens is 1. The zero-order valence-corrected chi connectivity index (χ0v) is 29.8. The van der Waals surface area contributed by atoms with Gasteiger partial charge in [-0.2, -0.15) is 0 Å². The van der Waals surface area contributed by atoms with Crippen molar-refractivity contribution in [2.24, 2.45) is 0 Å². The fourth-order valence-corrected chi connectivity index (χ4v) is 8.95. The monoisotopic (exact) mass is 742 g/mol. The standard InChI is InChI=1S/C48H27BrN2O2/c49-30-15-20-44-38(25-30)37-24-29(14-19-43(37)51(44)32-17-22-48-40(27-32)35-9-3-6-12-46(35)53-48)28-13-18-42-36(23-28)33-7-1-4-10-41(33)50(42)31-16-21-47-39(26-31)34-8-2-5-11-45(34)52-47/h1-27H. The molecule has 4 nitrogen and oxygen atoms in total. The highest BCUT2D eigenvalue weighted by atomic mass is 79.9. The Morgan fingerprint density at radius 1 is 0.321 bits per heavy atom. The van der Waals surface area contributed by atoms with Crippen LogP contribution in [0.1, 0.15) is 0 Å². The summed E-state index contributed by atoms with van der Waals surface area (Å²) in [6.07, 6.45) is 0. The molecule has 0 aliphatic carbocycles. The van der Waals surface area contributed by atoms with Crippen molar-refractivity contribution in [1.82, 2.24) is 9.13 Å². The van der Waals surface area contributed by atoms with Gasteiger partial charge in [0.05, 0.1) is 22.1 Å². The van der Waals surface area contributed by atoms with Crippen molar-refractivity contribution in [3.63, 3.8) is 0 Å². The molecule has 0 saturated carbocycles. The number of rotatable bonds is 3. The summed E-state index contributed by atoms with van der Waals surface area (Å²) in [5.74, 6) is 0. The van der Waals surface area contributed by atoms with Crippen LogP contribution in [0, 0.1) is 0 Å². The van der Waals surface area contributed by atoms with E-state index < -0.39 is 0 Å². The molecule has 0 radical (unpaired) electrons. The van der Waals surface area contributed by atoms with Gasteiger partial charge in [0.2, 0.25) is 0 Å². The van der Waals surface area contributed by atoms with Crippen LogP contribution in [0.4, 0.5) is 0 Å². The first kappa shape index (κ1) is 29.1. The number of para-hydroxylation sites is 3. The first-order valence-corrected chi connectivity index (χ1v) is 18.6. The van der Waals surface area contributed by atoms with Crippen LogP contribution < -0.4 is 0 Å². The number of fused-ring (bicyclic) bond motifs is 12. The first-order valence-electron chi connectivity index (χ1n) is 17.8. The molecule has 8 aromatic carbocycles. The van der Waals surface area contributed by atoms with E-state index in [2.05, 4.69) is 165 Å². The van der Waals surface area contributed by atoms with E-state index in [1.807, 2.05) is 24.3 Å². The lowest BCUT2D eigenvalue weighted by molar-refractivity contribution is 0.668. The Morgan fingerprint density at radius 3 is 1.34 bits per heavy atom. The van der Waals surface area contributed by atoms with Crippen LogP contribution in [0.3, 0.4) is 0 Å². The van der Waals surface area contributed by atoms with E-state index in [0.717, 1.165) is 70.8 Å². The van der Waals surface area contributed by atoms with Gasteiger partial charge in [0, 0.05) is 58.9 Å². The minimum atomic E-state index is 0.896. The maximum atomic E-state index is 6.17. The summed E-state index contributed by atoms with van der Waals surface area (Å²) >= 11 is 3.77. The van der Waals surface area contributed by atoms with Crippen molar-refractivity contribution < 1.29 is 8.83 Å². The van der Waals surface area contributed by atoms with Gasteiger partial charge in [0.25, 0.3) is 0 Å². The lowest BCUT2D eigenvalue weighted by Gasteiger charge is -2.10. The number of nitrogens with zero attached hydrogens (tertiary/aromatic N) is 2. The highest BCUT2D eigenvalue weighted by molar-refractivity contribution is 9.10. The average molecular weight is 744 g/mol. The quantitative estimate of drug-likeness (QED) is 0.181. The van der Waals surface area contributed by atoms with Crippen molar-refractivity contribution in [3.8, 4) is 22.5 Å². The maximum absolute atomic E-state index is 6.17. The Morgan fingerprint density at radius 2 is 0.755 bits per heavy atom. The molecule has 0 N–H and O–H groups in total. The molecular formula is C48H27BrN2O2. The molecule has 0 aliphatic rings. The molecule has 5 heteroatoms. The Hall–Kier alpha value is -6.56. The van der Waals surface area contributed by atoms with Gasteiger partial charge in [0.1, 0.15) is 22.3 Å². The number of hydrogen-bond acceptors (Lipinski definition) is 2. The molecule has 4 aromatic heterocycles. The van der Waals surface area contributed by atoms with Gasteiger partial charge < -0.3 is 18.0 Å². The van der Waals surface area contributed by atoms with E-state index in [0.29, 0.717) is 0 Å². The van der Waals surface area contributed by atoms with Crippen LogP contribution >= 0.6 is 15.9 Å². The lowest BCUT2D eigenvalue weighted by Crippen LogP contribution is -1.94. The minimum absolute atomic E-state index is 0.896. The summed E-state index contributed by atoms with van der Waals surface area (Å²) in [5.41, 5.74) is 12.9. The van der Waals surface area contributed by atoms with Gasteiger partial charge in [0.15, 0.2) is 0 Å². The third-order valence-corrected chi connectivity index (χ3v) is 11.5. The molecule has 0 bridgehead atoms. The Balaban J connectivity index is 1.04. The molecule has 0 fully saturated rings. The van der Waals surface area contributed by atoms with Crippen molar-refractivity contribution in [1.29, 1.82) is 0 Å². The number of benzene rings is 8. The van der Waals surface area contributed by atoms with E-state index in [4.69, 9.17) is 8.83 Å². The molecule has 53 heavy (non-hydrogen) atoms.